The SMILES string of the molecule is CN1CC(c2ccc3ncoc3c2)c2ccccc2C1N1CCOCC1. The minimum atomic E-state index is 0.320. The molecule has 2 aromatic carbocycles. The first-order valence-electron chi connectivity index (χ1n) is 9.25. The van der Waals surface area contributed by atoms with Crippen LogP contribution in [-0.2, 0) is 4.74 Å². The van der Waals surface area contributed by atoms with Gasteiger partial charge in [-0.15, -0.1) is 0 Å². The molecule has 2 unspecified atom stereocenters. The van der Waals surface area contributed by atoms with E-state index in [1.807, 2.05) is 0 Å². The number of likely N-dealkylation sites (N-methyl/N-ethyl adjacent to an activating group) is 1. The highest BCUT2D eigenvalue weighted by Gasteiger charge is 2.35. The van der Waals surface area contributed by atoms with Crippen LogP contribution in [0.2, 0.25) is 0 Å². The second-order valence-electron chi connectivity index (χ2n) is 7.22. The summed E-state index contributed by atoms with van der Waals surface area (Å²) in [5, 5.41) is 0. The number of oxazole rings is 1. The second-order valence-corrected chi connectivity index (χ2v) is 7.22. The van der Waals surface area contributed by atoms with Crippen molar-refractivity contribution in [3.63, 3.8) is 0 Å². The summed E-state index contributed by atoms with van der Waals surface area (Å²) >= 11 is 0. The fourth-order valence-corrected chi connectivity index (χ4v) is 4.46. The number of rotatable bonds is 2. The van der Waals surface area contributed by atoms with E-state index in [1.54, 1.807) is 0 Å². The standard InChI is InChI=1S/C21H23N3O2/c1-23-13-18(15-6-7-19-20(12-15)26-14-22-19)16-4-2-3-5-17(16)21(23)24-8-10-25-11-9-24/h2-7,12,14,18,21H,8-11,13H2,1H3. The van der Waals surface area contributed by atoms with Gasteiger partial charge in [0.05, 0.1) is 19.4 Å². The van der Waals surface area contributed by atoms with Crippen LogP contribution in [0.4, 0.5) is 0 Å². The minimum Gasteiger partial charge on any atom is -0.443 e. The summed E-state index contributed by atoms with van der Waals surface area (Å²) < 4.78 is 11.1. The molecule has 1 saturated heterocycles. The highest BCUT2D eigenvalue weighted by atomic mass is 16.5. The van der Waals surface area contributed by atoms with E-state index < -0.39 is 0 Å². The maximum absolute atomic E-state index is 5.56. The predicted molar refractivity (Wildman–Crippen MR) is 100 cm³/mol. The van der Waals surface area contributed by atoms with Gasteiger partial charge in [0.1, 0.15) is 5.52 Å². The zero-order chi connectivity index (χ0) is 17.5. The maximum atomic E-state index is 5.56. The summed E-state index contributed by atoms with van der Waals surface area (Å²) in [5.74, 6) is 0.336. The average molecular weight is 349 g/mol. The Morgan fingerprint density at radius 3 is 2.69 bits per heavy atom. The topological polar surface area (TPSA) is 41.7 Å². The van der Waals surface area contributed by atoms with Crippen LogP contribution >= 0.6 is 0 Å². The highest BCUT2D eigenvalue weighted by molar-refractivity contribution is 5.73. The van der Waals surface area contributed by atoms with Gasteiger partial charge in [-0.25, -0.2) is 4.98 Å². The van der Waals surface area contributed by atoms with Crippen LogP contribution < -0.4 is 0 Å². The molecule has 0 N–H and O–H groups in total. The van der Waals surface area contributed by atoms with E-state index in [0.29, 0.717) is 12.1 Å². The van der Waals surface area contributed by atoms with E-state index in [0.717, 1.165) is 43.9 Å². The summed E-state index contributed by atoms with van der Waals surface area (Å²) in [7, 11) is 2.23. The molecule has 3 aromatic rings. The van der Waals surface area contributed by atoms with E-state index in [2.05, 4.69) is 64.3 Å². The largest absolute Gasteiger partial charge is 0.443 e. The quantitative estimate of drug-likeness (QED) is 0.710. The molecule has 0 bridgehead atoms. The van der Waals surface area contributed by atoms with Gasteiger partial charge in [0.2, 0.25) is 0 Å². The number of hydrogen-bond acceptors (Lipinski definition) is 5. The van der Waals surface area contributed by atoms with Gasteiger partial charge in [-0.05, 0) is 35.9 Å². The van der Waals surface area contributed by atoms with Crippen molar-refractivity contribution >= 4 is 11.1 Å². The monoisotopic (exact) mass is 349 g/mol. The molecule has 134 valence electrons. The molecule has 0 radical (unpaired) electrons. The van der Waals surface area contributed by atoms with Gasteiger partial charge in [0, 0.05) is 25.6 Å². The number of ether oxygens (including phenoxy) is 1. The molecular weight excluding hydrogens is 326 g/mol. The van der Waals surface area contributed by atoms with Crippen molar-refractivity contribution in [3.05, 3.63) is 65.5 Å². The third-order valence-electron chi connectivity index (χ3n) is 5.69. The Hall–Kier alpha value is -2.21. The number of nitrogens with zero attached hydrogens (tertiary/aromatic N) is 3. The van der Waals surface area contributed by atoms with Gasteiger partial charge in [0.15, 0.2) is 12.0 Å². The molecule has 0 saturated carbocycles. The number of morpholine rings is 1. The molecular formula is C21H23N3O2. The summed E-state index contributed by atoms with van der Waals surface area (Å²) in [6.45, 7) is 4.59. The van der Waals surface area contributed by atoms with Crippen LogP contribution in [0.15, 0.2) is 53.3 Å². The number of benzene rings is 2. The van der Waals surface area contributed by atoms with Gasteiger partial charge >= 0.3 is 0 Å². The Balaban J connectivity index is 1.56. The van der Waals surface area contributed by atoms with Gasteiger partial charge < -0.3 is 9.15 Å². The fraction of sp³-hybridized carbons (Fsp3) is 0.381. The van der Waals surface area contributed by atoms with Crippen molar-refractivity contribution < 1.29 is 9.15 Å². The molecule has 0 aliphatic carbocycles. The molecule has 2 aliphatic rings. The summed E-state index contributed by atoms with van der Waals surface area (Å²) in [6.07, 6.45) is 1.84. The lowest BCUT2D eigenvalue weighted by Gasteiger charge is -2.45. The predicted octanol–water partition coefficient (Wildman–Crippen LogP) is 3.24. The third-order valence-corrected chi connectivity index (χ3v) is 5.69. The molecule has 1 aromatic heterocycles. The number of fused-ring (bicyclic) bond motifs is 2. The van der Waals surface area contributed by atoms with E-state index in [-0.39, 0.29) is 0 Å². The van der Waals surface area contributed by atoms with Crippen molar-refractivity contribution in [1.82, 2.24) is 14.8 Å². The Morgan fingerprint density at radius 1 is 1.04 bits per heavy atom. The van der Waals surface area contributed by atoms with Gasteiger partial charge in [-0.2, -0.15) is 0 Å². The van der Waals surface area contributed by atoms with E-state index in [4.69, 9.17) is 9.15 Å². The van der Waals surface area contributed by atoms with Crippen LogP contribution in [0.1, 0.15) is 28.8 Å². The van der Waals surface area contributed by atoms with Crippen LogP contribution in [-0.4, -0.2) is 54.7 Å². The molecule has 2 atom stereocenters. The maximum Gasteiger partial charge on any atom is 0.181 e. The molecule has 1 fully saturated rings. The molecule has 0 spiro atoms. The van der Waals surface area contributed by atoms with E-state index >= 15 is 0 Å². The smallest absolute Gasteiger partial charge is 0.181 e. The zero-order valence-corrected chi connectivity index (χ0v) is 15.0. The van der Waals surface area contributed by atoms with Crippen LogP contribution in [0.5, 0.6) is 0 Å². The van der Waals surface area contributed by atoms with E-state index in [9.17, 15) is 0 Å². The van der Waals surface area contributed by atoms with Crippen LogP contribution in [0.3, 0.4) is 0 Å². The first kappa shape index (κ1) is 16.0. The number of hydrogen-bond donors (Lipinski definition) is 0. The van der Waals surface area contributed by atoms with Crippen molar-refractivity contribution in [3.8, 4) is 0 Å². The minimum absolute atomic E-state index is 0.320. The van der Waals surface area contributed by atoms with E-state index in [1.165, 1.54) is 23.1 Å². The Kier molecular flexibility index (Phi) is 4.00. The van der Waals surface area contributed by atoms with Crippen LogP contribution in [0.25, 0.3) is 11.1 Å². The van der Waals surface area contributed by atoms with Gasteiger partial charge in [-0.3, -0.25) is 9.80 Å². The normalized spacial score (nSPS) is 24.7. The Morgan fingerprint density at radius 2 is 1.85 bits per heavy atom. The van der Waals surface area contributed by atoms with Crippen molar-refractivity contribution in [2.24, 2.45) is 0 Å². The second kappa shape index (κ2) is 6.50. The summed E-state index contributed by atoms with van der Waals surface area (Å²) in [5.41, 5.74) is 5.89. The molecule has 0 amide bonds. The molecule has 26 heavy (non-hydrogen) atoms. The molecule has 3 heterocycles. The highest BCUT2D eigenvalue weighted by Crippen LogP contribution is 2.40. The van der Waals surface area contributed by atoms with Crippen LogP contribution in [0, 0.1) is 0 Å². The van der Waals surface area contributed by atoms with Gasteiger partial charge in [-0.1, -0.05) is 30.3 Å². The first-order chi connectivity index (χ1) is 12.8. The molecule has 5 nitrogen and oxygen atoms in total. The molecule has 2 aliphatic heterocycles. The molecule has 5 rings (SSSR count). The molecule has 5 heteroatoms. The Labute approximate surface area is 153 Å². The first-order valence-corrected chi connectivity index (χ1v) is 9.25. The Bertz CT molecular complexity index is 916. The van der Waals surface area contributed by atoms with Gasteiger partial charge in [0.25, 0.3) is 0 Å². The lowest BCUT2D eigenvalue weighted by Crippen LogP contribution is -2.49. The third kappa shape index (κ3) is 2.63. The lowest BCUT2D eigenvalue weighted by molar-refractivity contribution is -0.0324. The zero-order valence-electron chi connectivity index (χ0n) is 15.0. The average Bonchev–Trinajstić information content (AvgIpc) is 3.16. The lowest BCUT2D eigenvalue weighted by atomic mass is 9.83. The summed E-state index contributed by atoms with van der Waals surface area (Å²) in [4.78, 5) is 9.26. The fourth-order valence-electron chi connectivity index (χ4n) is 4.46. The summed E-state index contributed by atoms with van der Waals surface area (Å²) in [6, 6.07) is 15.3. The van der Waals surface area contributed by atoms with Crippen molar-refractivity contribution in [1.29, 1.82) is 0 Å². The number of aromatic nitrogens is 1. The van der Waals surface area contributed by atoms with Crippen molar-refractivity contribution in [2.45, 2.75) is 12.1 Å². The van der Waals surface area contributed by atoms with Crippen molar-refractivity contribution in [2.75, 3.05) is 39.9 Å².